The van der Waals surface area contributed by atoms with Gasteiger partial charge in [0.1, 0.15) is 0 Å². The molecular weight excluding hydrogens is 158 g/mol. The summed E-state index contributed by atoms with van der Waals surface area (Å²) < 4.78 is 0. The fourth-order valence-electron chi connectivity index (χ4n) is 0.337. The molecule has 10 heavy (non-hydrogen) atoms. The van der Waals surface area contributed by atoms with Crippen LogP contribution >= 0.6 is 11.6 Å². The minimum Gasteiger partial charge on any atom is -0.275 e. The lowest BCUT2D eigenvalue weighted by Gasteiger charge is -2.15. The maximum atomic E-state index is 10.3. The number of carbonyl (C=O) groups excluding carboxylic acids is 2. The molecule has 0 aliphatic rings. The zero-order valence-electron chi connectivity index (χ0n) is 5.43. The van der Waals surface area contributed by atoms with E-state index in [1.807, 2.05) is 0 Å². The molecule has 0 fully saturated rings. The molecule has 0 aromatic rings. The third-order valence-electron chi connectivity index (χ3n) is 0.613. The first-order valence-corrected chi connectivity index (χ1v) is 3.05. The van der Waals surface area contributed by atoms with Crippen LogP contribution in [0, 0.1) is 0 Å². The van der Waals surface area contributed by atoms with E-state index in [-0.39, 0.29) is 11.9 Å². The number of hydrogen-bond acceptors (Lipinski definition) is 3. The van der Waals surface area contributed by atoms with Crippen molar-refractivity contribution in [3.63, 3.8) is 0 Å². The largest absolute Gasteiger partial charge is 0.275 e. The maximum Gasteiger partial charge on any atom is 0.243 e. The zero-order chi connectivity index (χ0) is 7.98. The van der Waals surface area contributed by atoms with Gasteiger partial charge in [0, 0.05) is 6.92 Å². The fourth-order valence-corrected chi connectivity index (χ4v) is 0.466. The van der Waals surface area contributed by atoms with E-state index in [1.165, 1.54) is 6.92 Å². The number of rotatable bonds is 4. The first-order valence-electron chi connectivity index (χ1n) is 2.52. The lowest BCUT2D eigenvalue weighted by atomic mass is 10.8. The van der Waals surface area contributed by atoms with Gasteiger partial charge in [-0.2, -0.15) is 10.5 Å². The average molecular weight is 166 g/mol. The van der Waals surface area contributed by atoms with Crippen molar-refractivity contribution in [3.8, 4) is 0 Å². The summed E-state index contributed by atoms with van der Waals surface area (Å²) in [7, 11) is 0. The summed E-state index contributed by atoms with van der Waals surface area (Å²) >= 11 is 5.20. The summed E-state index contributed by atoms with van der Waals surface area (Å²) in [5.74, 6) is -0.343. The summed E-state index contributed by atoms with van der Waals surface area (Å²) in [5, 5.41) is 0.843. The van der Waals surface area contributed by atoms with Gasteiger partial charge in [-0.1, -0.05) is 0 Å². The Labute approximate surface area is 63.3 Å². The van der Waals surface area contributed by atoms with Gasteiger partial charge in [-0.05, 0) is 0 Å². The van der Waals surface area contributed by atoms with E-state index in [0.717, 1.165) is 5.12 Å². The van der Waals surface area contributed by atoms with E-state index in [0.29, 0.717) is 6.41 Å². The average Bonchev–Trinajstić information content (AvgIpc) is 1.86. The second kappa shape index (κ2) is 5.01. The summed E-state index contributed by atoms with van der Waals surface area (Å²) in [6, 6.07) is 0.0546. The molecule has 0 bridgehead atoms. The molecule has 0 radical (unpaired) electrons. The minimum absolute atomic E-state index is 0.0546. The molecule has 0 rings (SSSR count). The van der Waals surface area contributed by atoms with Crippen LogP contribution in [-0.2, 0) is 9.59 Å². The Hall–Kier alpha value is -0.810. The number of hydrogen-bond donors (Lipinski definition) is 2. The number of hydrazine groups is 2. The van der Waals surface area contributed by atoms with Gasteiger partial charge in [0.2, 0.25) is 12.3 Å². The Kier molecular flexibility index (Phi) is 4.61. The molecule has 58 valence electrons. The van der Waals surface area contributed by atoms with E-state index < -0.39 is 0 Å². The molecule has 0 aromatic carbocycles. The van der Waals surface area contributed by atoms with Crippen LogP contribution < -0.4 is 10.9 Å². The van der Waals surface area contributed by atoms with Gasteiger partial charge in [-0.25, -0.2) is 0 Å². The van der Waals surface area contributed by atoms with Crippen molar-refractivity contribution in [2.45, 2.75) is 6.92 Å². The Morgan fingerprint density at radius 2 is 2.40 bits per heavy atom. The predicted molar refractivity (Wildman–Crippen MR) is 35.6 cm³/mol. The number of halogens is 1. The van der Waals surface area contributed by atoms with E-state index in [2.05, 4.69) is 10.9 Å². The molecule has 0 saturated carbocycles. The number of nitrogens with one attached hydrogen (secondary N) is 2. The monoisotopic (exact) mass is 165 g/mol. The Balaban J connectivity index is 3.59. The van der Waals surface area contributed by atoms with E-state index >= 15 is 0 Å². The standard InChI is InChI=1S/C4H8ClN3O2/c1-4(10)7-8(3-9)6-2-5/h3,6H,2H2,1H3,(H,7,10). The van der Waals surface area contributed by atoms with Gasteiger partial charge in [-0.3, -0.25) is 15.0 Å². The second-order valence-electron chi connectivity index (χ2n) is 1.44. The molecule has 0 aromatic heterocycles. The van der Waals surface area contributed by atoms with Crippen molar-refractivity contribution in [1.29, 1.82) is 0 Å². The molecule has 0 aliphatic carbocycles. The zero-order valence-corrected chi connectivity index (χ0v) is 6.18. The minimum atomic E-state index is -0.343. The van der Waals surface area contributed by atoms with Gasteiger partial charge in [-0.15, -0.1) is 11.6 Å². The van der Waals surface area contributed by atoms with E-state index in [4.69, 9.17) is 11.6 Å². The number of amides is 2. The molecule has 0 unspecified atom stereocenters. The molecule has 6 heteroatoms. The van der Waals surface area contributed by atoms with Crippen LogP contribution in [0.3, 0.4) is 0 Å². The number of alkyl halides is 1. The maximum absolute atomic E-state index is 10.3. The molecule has 2 amide bonds. The highest BCUT2D eigenvalue weighted by Crippen LogP contribution is 1.71. The predicted octanol–water partition coefficient (Wildman–Crippen LogP) is -0.803. The molecule has 0 spiro atoms. The van der Waals surface area contributed by atoms with E-state index in [1.54, 1.807) is 0 Å². The molecule has 2 N–H and O–H groups in total. The highest BCUT2D eigenvalue weighted by Gasteiger charge is 1.98. The second-order valence-corrected chi connectivity index (χ2v) is 1.70. The lowest BCUT2D eigenvalue weighted by molar-refractivity contribution is -0.134. The number of nitrogens with zero attached hydrogens (tertiary/aromatic N) is 1. The number of carbonyl (C=O) groups is 2. The molecule has 0 atom stereocenters. The third-order valence-corrected chi connectivity index (χ3v) is 0.733. The van der Waals surface area contributed by atoms with E-state index in [9.17, 15) is 9.59 Å². The molecular formula is C4H8ClN3O2. The van der Waals surface area contributed by atoms with Crippen LogP contribution in [0.2, 0.25) is 0 Å². The van der Waals surface area contributed by atoms with Crippen LogP contribution in [0.1, 0.15) is 6.92 Å². The summed E-state index contributed by atoms with van der Waals surface area (Å²) in [6.07, 6.45) is 0.407. The van der Waals surface area contributed by atoms with Crippen LogP contribution in [0.5, 0.6) is 0 Å². The smallest absolute Gasteiger partial charge is 0.243 e. The van der Waals surface area contributed by atoms with Crippen molar-refractivity contribution in [2.24, 2.45) is 0 Å². The lowest BCUT2D eigenvalue weighted by Crippen LogP contribution is -2.48. The van der Waals surface area contributed by atoms with Gasteiger partial charge in [0.15, 0.2) is 0 Å². The highest BCUT2D eigenvalue weighted by molar-refractivity contribution is 6.17. The fraction of sp³-hybridized carbons (Fsp3) is 0.500. The molecule has 0 aliphatic heterocycles. The van der Waals surface area contributed by atoms with Gasteiger partial charge in [0.05, 0.1) is 6.00 Å². The quantitative estimate of drug-likeness (QED) is 0.248. The van der Waals surface area contributed by atoms with Crippen LogP contribution in [-0.4, -0.2) is 23.4 Å². The third kappa shape index (κ3) is 4.11. The van der Waals surface area contributed by atoms with Crippen molar-refractivity contribution in [2.75, 3.05) is 6.00 Å². The van der Waals surface area contributed by atoms with Crippen LogP contribution in [0.15, 0.2) is 0 Å². The summed E-state index contributed by atoms with van der Waals surface area (Å²) in [5.41, 5.74) is 4.52. The summed E-state index contributed by atoms with van der Waals surface area (Å²) in [4.78, 5) is 20.3. The molecule has 0 saturated heterocycles. The highest BCUT2D eigenvalue weighted by atomic mass is 35.5. The van der Waals surface area contributed by atoms with Crippen molar-refractivity contribution in [1.82, 2.24) is 16.0 Å². The topological polar surface area (TPSA) is 61.4 Å². The molecule has 5 nitrogen and oxygen atoms in total. The SMILES string of the molecule is CC(=O)NN(C=O)NCCl. The van der Waals surface area contributed by atoms with Gasteiger partial charge >= 0.3 is 0 Å². The first-order chi connectivity index (χ1) is 4.70. The van der Waals surface area contributed by atoms with Crippen molar-refractivity contribution >= 4 is 23.9 Å². The molecule has 0 heterocycles. The van der Waals surface area contributed by atoms with Crippen molar-refractivity contribution < 1.29 is 9.59 Å². The first kappa shape index (κ1) is 9.19. The van der Waals surface area contributed by atoms with Crippen LogP contribution in [0.25, 0.3) is 0 Å². The Bertz CT molecular complexity index is 130. The van der Waals surface area contributed by atoms with Crippen molar-refractivity contribution in [3.05, 3.63) is 0 Å². The van der Waals surface area contributed by atoms with Gasteiger partial charge < -0.3 is 0 Å². The van der Waals surface area contributed by atoms with Gasteiger partial charge in [0.25, 0.3) is 0 Å². The normalized spacial score (nSPS) is 8.60. The summed E-state index contributed by atoms with van der Waals surface area (Å²) in [6.45, 7) is 1.28. The van der Waals surface area contributed by atoms with Crippen LogP contribution in [0.4, 0.5) is 0 Å². The Morgan fingerprint density at radius 3 is 2.70 bits per heavy atom. The Morgan fingerprint density at radius 1 is 1.80 bits per heavy atom.